The molecule has 0 aliphatic carbocycles. The van der Waals surface area contributed by atoms with Crippen molar-refractivity contribution in [2.24, 2.45) is 0 Å². The Kier molecular flexibility index (Phi) is 16.4. The molecule has 0 amide bonds. The molecule has 6 aromatic carbocycles. The van der Waals surface area contributed by atoms with E-state index in [1.54, 1.807) is 0 Å². The van der Waals surface area contributed by atoms with Crippen molar-refractivity contribution in [2.45, 2.75) is 0 Å². The lowest BCUT2D eigenvalue weighted by Crippen LogP contribution is -1.73. The number of halogens is 3. The zero-order valence-electron chi connectivity index (χ0n) is 21.5. The van der Waals surface area contributed by atoms with Gasteiger partial charge in [-0.05, 0) is 33.4 Å². The topological polar surface area (TPSA) is 0 Å². The quantitative estimate of drug-likeness (QED) is 0.198. The molecule has 0 aliphatic rings. The van der Waals surface area contributed by atoms with Crippen LogP contribution < -0.4 is 0 Å². The summed E-state index contributed by atoms with van der Waals surface area (Å²) in [6.07, 6.45) is 0. The van der Waals surface area contributed by atoms with Crippen molar-refractivity contribution in [3.05, 3.63) is 182 Å². The van der Waals surface area contributed by atoms with Crippen LogP contribution in [0.2, 0.25) is 0 Å². The SMILES string of the molecule is Cl.Cl.Cl.c1ccc(-c2ccccc2)cc1.c1ccc(-c2ccccc2)cc1.c1ccc(-c2ccccc2)cc1. The molecule has 0 aromatic heterocycles. The predicted octanol–water partition coefficient (Wildman–Crippen LogP) is 11.3. The normalized spacial score (nSPS) is 8.92. The smallest absolute Gasteiger partial charge is 0.0184 e. The second-order valence-corrected chi connectivity index (χ2v) is 8.20. The summed E-state index contributed by atoms with van der Waals surface area (Å²) in [4.78, 5) is 0. The molecule has 0 atom stereocenters. The summed E-state index contributed by atoms with van der Waals surface area (Å²) < 4.78 is 0. The maximum atomic E-state index is 2.12. The third-order valence-electron chi connectivity index (χ3n) is 5.64. The van der Waals surface area contributed by atoms with E-state index in [1.807, 2.05) is 36.4 Å². The van der Waals surface area contributed by atoms with E-state index in [9.17, 15) is 0 Å². The molecular weight excluding hydrogens is 539 g/mol. The van der Waals surface area contributed by atoms with Gasteiger partial charge in [-0.25, -0.2) is 0 Å². The van der Waals surface area contributed by atoms with Crippen LogP contribution in [-0.4, -0.2) is 0 Å². The molecule has 6 rings (SSSR count). The summed E-state index contributed by atoms with van der Waals surface area (Å²) in [6, 6.07) is 62.3. The standard InChI is InChI=1S/3C12H10.3ClH/c3*1-3-7-11(8-4-1)12-9-5-2-6-10-12;;;/h3*1-10H;3*1H. The van der Waals surface area contributed by atoms with Crippen molar-refractivity contribution < 1.29 is 0 Å². The Bertz CT molecular complexity index is 1090. The molecule has 0 fully saturated rings. The highest BCUT2D eigenvalue weighted by Crippen LogP contribution is 2.19. The van der Waals surface area contributed by atoms with Gasteiger partial charge in [-0.2, -0.15) is 0 Å². The van der Waals surface area contributed by atoms with Crippen molar-refractivity contribution in [3.63, 3.8) is 0 Å². The van der Waals surface area contributed by atoms with Crippen LogP contribution in [0.15, 0.2) is 182 Å². The van der Waals surface area contributed by atoms with E-state index >= 15 is 0 Å². The molecule has 0 aliphatic heterocycles. The van der Waals surface area contributed by atoms with Crippen LogP contribution >= 0.6 is 37.2 Å². The van der Waals surface area contributed by atoms with Gasteiger partial charge in [0.05, 0.1) is 0 Å². The van der Waals surface area contributed by atoms with Crippen LogP contribution in [0.5, 0.6) is 0 Å². The average Bonchev–Trinajstić information content (AvgIpc) is 3.01. The fraction of sp³-hybridized carbons (Fsp3) is 0. The van der Waals surface area contributed by atoms with E-state index in [1.165, 1.54) is 33.4 Å². The van der Waals surface area contributed by atoms with Gasteiger partial charge in [0.1, 0.15) is 0 Å². The molecular formula is C36H33Cl3. The zero-order chi connectivity index (χ0) is 24.7. The van der Waals surface area contributed by atoms with Crippen LogP contribution in [0.4, 0.5) is 0 Å². The number of hydrogen-bond donors (Lipinski definition) is 0. The molecule has 0 saturated heterocycles. The minimum atomic E-state index is 0. The minimum Gasteiger partial charge on any atom is -0.147 e. The van der Waals surface area contributed by atoms with Gasteiger partial charge < -0.3 is 0 Å². The van der Waals surface area contributed by atoms with Crippen LogP contribution in [0.1, 0.15) is 0 Å². The third kappa shape index (κ3) is 11.2. The lowest BCUT2D eigenvalue weighted by Gasteiger charge is -1.98. The van der Waals surface area contributed by atoms with Gasteiger partial charge in [0.2, 0.25) is 0 Å². The maximum Gasteiger partial charge on any atom is -0.0184 e. The van der Waals surface area contributed by atoms with Gasteiger partial charge in [-0.3, -0.25) is 0 Å². The lowest BCUT2D eigenvalue weighted by atomic mass is 10.1. The van der Waals surface area contributed by atoms with E-state index in [0.29, 0.717) is 0 Å². The highest BCUT2D eigenvalue weighted by atomic mass is 35.5. The van der Waals surface area contributed by atoms with E-state index in [-0.39, 0.29) is 37.2 Å². The monoisotopic (exact) mass is 570 g/mol. The van der Waals surface area contributed by atoms with E-state index in [2.05, 4.69) is 146 Å². The first-order chi connectivity index (χ1) is 17.9. The van der Waals surface area contributed by atoms with E-state index in [0.717, 1.165) is 0 Å². The number of hydrogen-bond acceptors (Lipinski definition) is 0. The number of rotatable bonds is 3. The predicted molar refractivity (Wildman–Crippen MR) is 177 cm³/mol. The minimum absolute atomic E-state index is 0. The molecule has 0 unspecified atom stereocenters. The largest absolute Gasteiger partial charge is 0.147 e. The first-order valence-electron chi connectivity index (χ1n) is 12.2. The van der Waals surface area contributed by atoms with Gasteiger partial charge in [-0.15, -0.1) is 37.2 Å². The molecule has 3 heteroatoms. The Hall–Kier alpha value is -3.81. The second kappa shape index (κ2) is 19.3. The molecule has 39 heavy (non-hydrogen) atoms. The average molecular weight is 572 g/mol. The van der Waals surface area contributed by atoms with Crippen molar-refractivity contribution in [1.29, 1.82) is 0 Å². The summed E-state index contributed by atoms with van der Waals surface area (Å²) >= 11 is 0. The zero-order valence-corrected chi connectivity index (χ0v) is 24.0. The number of benzene rings is 6. The third-order valence-corrected chi connectivity index (χ3v) is 5.64. The molecule has 0 N–H and O–H groups in total. The first-order valence-corrected chi connectivity index (χ1v) is 12.2. The Balaban J connectivity index is 0.000000282. The highest BCUT2D eigenvalue weighted by molar-refractivity contribution is 5.86. The molecule has 0 spiro atoms. The van der Waals surface area contributed by atoms with Crippen molar-refractivity contribution in [2.75, 3.05) is 0 Å². The van der Waals surface area contributed by atoms with Crippen LogP contribution in [-0.2, 0) is 0 Å². The van der Waals surface area contributed by atoms with Crippen molar-refractivity contribution in [1.82, 2.24) is 0 Å². The van der Waals surface area contributed by atoms with Crippen molar-refractivity contribution >= 4 is 37.2 Å². The Labute approximate surface area is 251 Å². The summed E-state index contributed by atoms with van der Waals surface area (Å²) in [5.74, 6) is 0. The Morgan fingerprint density at radius 2 is 0.256 bits per heavy atom. The second-order valence-electron chi connectivity index (χ2n) is 8.20. The van der Waals surface area contributed by atoms with E-state index < -0.39 is 0 Å². The highest BCUT2D eigenvalue weighted by Gasteiger charge is 1.93. The van der Waals surface area contributed by atoms with Gasteiger partial charge in [0, 0.05) is 0 Å². The van der Waals surface area contributed by atoms with Crippen LogP contribution in [0.25, 0.3) is 33.4 Å². The van der Waals surface area contributed by atoms with Gasteiger partial charge in [0.25, 0.3) is 0 Å². The maximum absolute atomic E-state index is 2.12. The van der Waals surface area contributed by atoms with Crippen LogP contribution in [0, 0.1) is 0 Å². The van der Waals surface area contributed by atoms with E-state index in [4.69, 9.17) is 0 Å². The van der Waals surface area contributed by atoms with Crippen LogP contribution in [0.3, 0.4) is 0 Å². The summed E-state index contributed by atoms with van der Waals surface area (Å²) in [7, 11) is 0. The molecule has 0 saturated carbocycles. The molecule has 0 bridgehead atoms. The molecule has 0 heterocycles. The fourth-order valence-corrected chi connectivity index (χ4v) is 3.78. The van der Waals surface area contributed by atoms with Gasteiger partial charge in [0.15, 0.2) is 0 Å². The summed E-state index contributed by atoms with van der Waals surface area (Å²) in [5.41, 5.74) is 7.66. The fourth-order valence-electron chi connectivity index (χ4n) is 3.78. The summed E-state index contributed by atoms with van der Waals surface area (Å²) in [6.45, 7) is 0. The molecule has 198 valence electrons. The van der Waals surface area contributed by atoms with Gasteiger partial charge in [-0.1, -0.05) is 182 Å². The lowest BCUT2D eigenvalue weighted by molar-refractivity contribution is 1.62. The molecule has 0 nitrogen and oxygen atoms in total. The summed E-state index contributed by atoms with van der Waals surface area (Å²) in [5, 5.41) is 0. The molecule has 6 aromatic rings. The first kappa shape index (κ1) is 33.2. The van der Waals surface area contributed by atoms with Crippen molar-refractivity contribution in [3.8, 4) is 33.4 Å². The Morgan fingerprint density at radius 3 is 0.359 bits per heavy atom. The molecule has 0 radical (unpaired) electrons. The Morgan fingerprint density at radius 1 is 0.154 bits per heavy atom. The van der Waals surface area contributed by atoms with Gasteiger partial charge >= 0.3 is 0 Å².